The molecule has 2 aromatic heterocycles. The molecule has 0 aliphatic rings. The summed E-state index contributed by atoms with van der Waals surface area (Å²) in [6.07, 6.45) is 2.72. The van der Waals surface area contributed by atoms with Crippen molar-refractivity contribution in [3.8, 4) is 0 Å². The van der Waals surface area contributed by atoms with Crippen LogP contribution in [0.2, 0.25) is 0 Å². The number of nitrogens with zero attached hydrogens (tertiary/aromatic N) is 3. The minimum absolute atomic E-state index is 0.275. The molecule has 2 rings (SSSR count). The summed E-state index contributed by atoms with van der Waals surface area (Å²) >= 11 is -2.37. The molecule has 0 bridgehead atoms. The Labute approximate surface area is 81.3 Å². The Morgan fingerprint density at radius 2 is 2.43 bits per heavy atom. The van der Waals surface area contributed by atoms with Crippen molar-refractivity contribution < 1.29 is 8.76 Å². The van der Waals surface area contributed by atoms with E-state index >= 15 is 0 Å². The molecule has 8 heteroatoms. The monoisotopic (exact) mass is 212 g/mol. The molecule has 2 heterocycles. The van der Waals surface area contributed by atoms with E-state index in [1.54, 1.807) is 6.07 Å². The van der Waals surface area contributed by atoms with E-state index in [2.05, 4.69) is 15.4 Å². The minimum Gasteiger partial charge on any atom is -0.755 e. The highest BCUT2D eigenvalue weighted by molar-refractivity contribution is 7.77. The van der Waals surface area contributed by atoms with Gasteiger partial charge in [-0.1, -0.05) is 0 Å². The van der Waals surface area contributed by atoms with Crippen molar-refractivity contribution in [2.24, 2.45) is 5.84 Å². The van der Waals surface area contributed by atoms with Gasteiger partial charge in [0.25, 0.3) is 0 Å². The van der Waals surface area contributed by atoms with E-state index in [1.165, 1.54) is 12.4 Å². The third-order valence-corrected chi connectivity index (χ3v) is 2.28. The highest BCUT2D eigenvalue weighted by Crippen LogP contribution is 2.13. The first-order valence-corrected chi connectivity index (χ1v) is 4.66. The molecular formula is C6H6N5O2S-. The summed E-state index contributed by atoms with van der Waals surface area (Å²) in [5.41, 5.74) is 3.06. The number of hydrogen-bond acceptors (Lipinski definition) is 6. The van der Waals surface area contributed by atoms with Crippen LogP contribution in [0.5, 0.6) is 0 Å². The fourth-order valence-electron chi connectivity index (χ4n) is 1.08. The second-order valence-corrected chi connectivity index (χ2v) is 3.29. The Hall–Kier alpha value is -1.51. The molecule has 7 nitrogen and oxygen atoms in total. The number of rotatable bonds is 2. The first kappa shape index (κ1) is 9.06. The smallest absolute Gasteiger partial charge is 0.170 e. The van der Waals surface area contributed by atoms with E-state index in [4.69, 9.17) is 5.84 Å². The van der Waals surface area contributed by atoms with Crippen LogP contribution in [-0.2, 0) is 11.3 Å². The molecule has 1 atom stereocenters. The maximum Gasteiger partial charge on any atom is 0.170 e. The van der Waals surface area contributed by atoms with Crippen molar-refractivity contribution >= 4 is 28.2 Å². The summed E-state index contributed by atoms with van der Waals surface area (Å²) in [5, 5.41) is 0. The van der Waals surface area contributed by atoms with Gasteiger partial charge >= 0.3 is 0 Å². The van der Waals surface area contributed by atoms with Gasteiger partial charge in [-0.25, -0.2) is 15.8 Å². The lowest BCUT2D eigenvalue weighted by Gasteiger charge is -2.06. The molecule has 2 aromatic rings. The van der Waals surface area contributed by atoms with Crippen molar-refractivity contribution in [1.82, 2.24) is 13.9 Å². The summed E-state index contributed by atoms with van der Waals surface area (Å²) < 4.78 is 22.4. The lowest BCUT2D eigenvalue weighted by Crippen LogP contribution is -2.09. The van der Waals surface area contributed by atoms with Crippen molar-refractivity contribution in [2.75, 3.05) is 5.43 Å². The van der Waals surface area contributed by atoms with Gasteiger partial charge < -0.3 is 9.98 Å². The fraction of sp³-hybridized carbons (Fsp3) is 0. The van der Waals surface area contributed by atoms with Crippen LogP contribution in [0.15, 0.2) is 18.5 Å². The zero-order valence-electron chi connectivity index (χ0n) is 6.88. The van der Waals surface area contributed by atoms with E-state index in [9.17, 15) is 8.76 Å². The van der Waals surface area contributed by atoms with E-state index in [-0.39, 0.29) is 5.65 Å². The quantitative estimate of drug-likeness (QED) is 0.389. The molecule has 0 amide bonds. The van der Waals surface area contributed by atoms with E-state index in [0.717, 1.165) is 3.97 Å². The molecule has 0 saturated carbocycles. The summed E-state index contributed by atoms with van der Waals surface area (Å²) in [5.74, 6) is 5.51. The summed E-state index contributed by atoms with van der Waals surface area (Å²) in [6.45, 7) is 0. The van der Waals surface area contributed by atoms with Crippen LogP contribution in [0.25, 0.3) is 11.2 Å². The Bertz CT molecular complexity index is 496. The maximum atomic E-state index is 10.7. The second-order valence-electron chi connectivity index (χ2n) is 2.47. The fourth-order valence-corrected chi connectivity index (χ4v) is 1.52. The average Bonchev–Trinajstić information content (AvgIpc) is 2.59. The largest absolute Gasteiger partial charge is 0.755 e. The van der Waals surface area contributed by atoms with Crippen LogP contribution in [0.4, 0.5) is 5.82 Å². The Morgan fingerprint density at radius 3 is 3.07 bits per heavy atom. The zero-order valence-corrected chi connectivity index (χ0v) is 7.69. The lowest BCUT2D eigenvalue weighted by molar-refractivity contribution is 0.529. The van der Waals surface area contributed by atoms with Gasteiger partial charge in [0.2, 0.25) is 0 Å². The molecular weight excluding hydrogens is 206 g/mol. The van der Waals surface area contributed by atoms with E-state index < -0.39 is 11.3 Å². The third kappa shape index (κ3) is 1.35. The first-order valence-electron chi connectivity index (χ1n) is 3.63. The van der Waals surface area contributed by atoms with Gasteiger partial charge in [0.05, 0.1) is 17.5 Å². The number of hydrogen-bond donors (Lipinski definition) is 2. The molecule has 0 saturated heterocycles. The predicted molar refractivity (Wildman–Crippen MR) is 49.7 cm³/mol. The molecule has 0 aliphatic heterocycles. The first-order chi connectivity index (χ1) is 6.72. The molecule has 0 radical (unpaired) electrons. The number of fused-ring (bicyclic) bond motifs is 1. The summed E-state index contributed by atoms with van der Waals surface area (Å²) in [6, 6.07) is 1.54. The SMILES string of the molecule is NNc1cnc2c(ccn2S(=O)[O-])n1. The van der Waals surface area contributed by atoms with Gasteiger partial charge in [0.15, 0.2) is 11.5 Å². The second kappa shape index (κ2) is 3.33. The van der Waals surface area contributed by atoms with Gasteiger partial charge in [-0.2, -0.15) is 0 Å². The number of hydrazine groups is 1. The molecule has 74 valence electrons. The number of nitrogens with two attached hydrogens (primary N) is 1. The standard InChI is InChI=1S/C6H7N5O2S/c7-10-5-3-8-6-4(9-5)1-2-11(6)14(12)13/h1-3H,7H2,(H,9,10)(H,12,13)/p-1. The van der Waals surface area contributed by atoms with Crippen molar-refractivity contribution in [1.29, 1.82) is 0 Å². The number of anilines is 1. The normalized spacial score (nSPS) is 13.0. The van der Waals surface area contributed by atoms with Crippen molar-refractivity contribution in [3.63, 3.8) is 0 Å². The molecule has 0 aliphatic carbocycles. The molecule has 1 unspecified atom stereocenters. The Kier molecular flexibility index (Phi) is 2.15. The molecule has 14 heavy (non-hydrogen) atoms. The van der Waals surface area contributed by atoms with Crippen LogP contribution < -0.4 is 11.3 Å². The highest BCUT2D eigenvalue weighted by atomic mass is 32.2. The Morgan fingerprint density at radius 1 is 1.64 bits per heavy atom. The van der Waals surface area contributed by atoms with Crippen LogP contribution in [0.1, 0.15) is 0 Å². The van der Waals surface area contributed by atoms with Crippen molar-refractivity contribution in [2.45, 2.75) is 0 Å². The van der Waals surface area contributed by atoms with Gasteiger partial charge in [-0.05, 0) is 6.07 Å². The summed E-state index contributed by atoms with van der Waals surface area (Å²) in [4.78, 5) is 7.90. The van der Waals surface area contributed by atoms with Gasteiger partial charge in [-0.3, -0.25) is 8.18 Å². The molecule has 0 aromatic carbocycles. The minimum atomic E-state index is -2.37. The maximum absolute atomic E-state index is 10.7. The highest BCUT2D eigenvalue weighted by Gasteiger charge is 2.04. The topological polar surface area (TPSA) is 109 Å². The number of nitrogen functional groups attached to an aromatic ring is 1. The zero-order chi connectivity index (χ0) is 10.1. The Balaban J connectivity index is 2.65. The average molecular weight is 212 g/mol. The summed E-state index contributed by atoms with van der Waals surface area (Å²) in [7, 11) is 0. The van der Waals surface area contributed by atoms with Crippen LogP contribution >= 0.6 is 0 Å². The van der Waals surface area contributed by atoms with Crippen molar-refractivity contribution in [3.05, 3.63) is 18.5 Å². The van der Waals surface area contributed by atoms with Gasteiger partial charge in [-0.15, -0.1) is 0 Å². The predicted octanol–water partition coefficient (Wildman–Crippen LogP) is -0.641. The lowest BCUT2D eigenvalue weighted by atomic mass is 10.5. The van der Waals surface area contributed by atoms with E-state index in [0.29, 0.717) is 11.3 Å². The molecule has 0 spiro atoms. The van der Waals surface area contributed by atoms with E-state index in [1.807, 2.05) is 0 Å². The number of nitrogens with one attached hydrogen (secondary N) is 1. The third-order valence-electron chi connectivity index (χ3n) is 1.66. The van der Waals surface area contributed by atoms with Crippen LogP contribution in [0, 0.1) is 0 Å². The molecule has 0 fully saturated rings. The van der Waals surface area contributed by atoms with Crippen LogP contribution in [-0.4, -0.2) is 22.7 Å². The van der Waals surface area contributed by atoms with Gasteiger partial charge in [0.1, 0.15) is 5.52 Å². The molecule has 3 N–H and O–H groups in total. The number of aromatic nitrogens is 3. The van der Waals surface area contributed by atoms with Gasteiger partial charge in [0, 0.05) is 6.20 Å². The van der Waals surface area contributed by atoms with Crippen LogP contribution in [0.3, 0.4) is 0 Å².